The summed E-state index contributed by atoms with van der Waals surface area (Å²) < 4.78 is 0. The van der Waals surface area contributed by atoms with Crippen LogP contribution in [0.25, 0.3) is 0 Å². The Morgan fingerprint density at radius 2 is 1.38 bits per heavy atom. The number of hydrogen-bond acceptors (Lipinski definition) is 4. The SMILES string of the molecule is CN1C(=O)C2(C1=O)C(=O)N(C(C)(C)P)C2=O. The van der Waals surface area contributed by atoms with E-state index in [2.05, 4.69) is 9.24 Å². The van der Waals surface area contributed by atoms with Crippen molar-refractivity contribution in [1.29, 1.82) is 0 Å². The lowest BCUT2D eigenvalue weighted by Crippen LogP contribution is -2.85. The van der Waals surface area contributed by atoms with Crippen LogP contribution in [0.3, 0.4) is 0 Å². The van der Waals surface area contributed by atoms with E-state index in [4.69, 9.17) is 0 Å². The van der Waals surface area contributed by atoms with Gasteiger partial charge in [0.15, 0.2) is 0 Å². The summed E-state index contributed by atoms with van der Waals surface area (Å²) in [6.07, 6.45) is 0. The van der Waals surface area contributed by atoms with Gasteiger partial charge in [0, 0.05) is 7.05 Å². The summed E-state index contributed by atoms with van der Waals surface area (Å²) in [6, 6.07) is 0. The van der Waals surface area contributed by atoms with Crippen molar-refractivity contribution in [2.75, 3.05) is 7.05 Å². The molecule has 0 saturated carbocycles. The molecule has 86 valence electrons. The van der Waals surface area contributed by atoms with Crippen molar-refractivity contribution in [3.8, 4) is 0 Å². The van der Waals surface area contributed by atoms with E-state index in [9.17, 15) is 19.2 Å². The lowest BCUT2D eigenvalue weighted by Gasteiger charge is -2.55. The second-order valence-electron chi connectivity index (χ2n) is 4.52. The van der Waals surface area contributed by atoms with Gasteiger partial charge >= 0.3 is 0 Å². The quantitative estimate of drug-likeness (QED) is 0.334. The van der Waals surface area contributed by atoms with Gasteiger partial charge in [0.2, 0.25) is 0 Å². The lowest BCUT2D eigenvalue weighted by molar-refractivity contribution is -0.200. The molecule has 7 heteroatoms. The fraction of sp³-hybridized carbons (Fsp3) is 0.556. The summed E-state index contributed by atoms with van der Waals surface area (Å²) in [6.45, 7) is 3.27. The number of β-lactam (4-membered cyclic amide) rings is 4. The standard InChI is InChI=1S/C9H11N2O4P/c1-8(2,16)11-6(14)9(7(11)15)4(12)10(3)5(9)13/h16H2,1-3H3. The molecule has 2 aliphatic rings. The molecule has 2 fully saturated rings. The molecule has 2 aliphatic heterocycles. The molecular weight excluding hydrogens is 231 g/mol. The second kappa shape index (κ2) is 2.69. The van der Waals surface area contributed by atoms with Gasteiger partial charge in [-0.2, -0.15) is 0 Å². The Hall–Kier alpha value is -1.29. The van der Waals surface area contributed by atoms with Gasteiger partial charge in [-0.15, -0.1) is 9.24 Å². The van der Waals surface area contributed by atoms with Gasteiger partial charge in [-0.25, -0.2) is 0 Å². The van der Waals surface area contributed by atoms with Gasteiger partial charge < -0.3 is 0 Å². The zero-order valence-electron chi connectivity index (χ0n) is 9.10. The maximum Gasteiger partial charge on any atom is 0.285 e. The molecule has 0 radical (unpaired) electrons. The van der Waals surface area contributed by atoms with Crippen LogP contribution in [0, 0.1) is 5.41 Å². The van der Waals surface area contributed by atoms with Gasteiger partial charge in [0.25, 0.3) is 29.0 Å². The van der Waals surface area contributed by atoms with E-state index < -0.39 is 34.3 Å². The van der Waals surface area contributed by atoms with Crippen LogP contribution in [0.4, 0.5) is 0 Å². The maximum atomic E-state index is 11.8. The number of carbonyl (C=O) groups is 4. The van der Waals surface area contributed by atoms with E-state index in [1.807, 2.05) is 0 Å². The first-order chi connectivity index (χ1) is 7.16. The molecule has 0 aromatic rings. The van der Waals surface area contributed by atoms with Gasteiger partial charge in [0.1, 0.15) is 0 Å². The van der Waals surface area contributed by atoms with Crippen LogP contribution in [0.5, 0.6) is 0 Å². The average Bonchev–Trinajstić information content (AvgIpc) is 2.15. The Balaban J connectivity index is 2.39. The van der Waals surface area contributed by atoms with E-state index in [1.165, 1.54) is 7.05 Å². The minimum absolute atomic E-state index is 0.717. The molecule has 16 heavy (non-hydrogen) atoms. The summed E-state index contributed by atoms with van der Waals surface area (Å²) in [7, 11) is 3.58. The van der Waals surface area contributed by atoms with Gasteiger partial charge in [-0.1, -0.05) is 0 Å². The predicted molar refractivity (Wildman–Crippen MR) is 55.9 cm³/mol. The number of carbonyl (C=O) groups excluding carboxylic acids is 4. The van der Waals surface area contributed by atoms with Gasteiger partial charge in [0.05, 0.1) is 5.28 Å². The third kappa shape index (κ3) is 0.872. The molecule has 0 N–H and O–H groups in total. The number of imide groups is 2. The molecule has 1 spiro atoms. The second-order valence-corrected chi connectivity index (χ2v) is 5.93. The maximum absolute atomic E-state index is 11.8. The number of rotatable bonds is 1. The Labute approximate surface area is 94.1 Å². The Morgan fingerprint density at radius 3 is 1.69 bits per heavy atom. The number of likely N-dealkylation sites (tertiary alicyclic amines) is 2. The van der Waals surface area contributed by atoms with E-state index in [0.29, 0.717) is 0 Å². The van der Waals surface area contributed by atoms with Crippen molar-refractivity contribution in [2.45, 2.75) is 19.1 Å². The molecule has 0 bridgehead atoms. The Morgan fingerprint density at radius 1 is 1.00 bits per heavy atom. The predicted octanol–water partition coefficient (Wildman–Crippen LogP) is -1.05. The van der Waals surface area contributed by atoms with Crippen LogP contribution in [0.1, 0.15) is 13.8 Å². The highest BCUT2D eigenvalue weighted by Gasteiger charge is 2.80. The third-order valence-electron chi connectivity index (χ3n) is 2.87. The Kier molecular flexibility index (Phi) is 1.88. The van der Waals surface area contributed by atoms with E-state index in [0.717, 1.165) is 9.80 Å². The highest BCUT2D eigenvalue weighted by Crippen LogP contribution is 2.48. The smallest absolute Gasteiger partial charge is 0.282 e. The van der Waals surface area contributed by atoms with Crippen LogP contribution in [-0.4, -0.2) is 45.8 Å². The summed E-state index contributed by atoms with van der Waals surface area (Å²) in [4.78, 5) is 48.3. The molecule has 1 atom stereocenters. The molecule has 0 aliphatic carbocycles. The van der Waals surface area contributed by atoms with Crippen LogP contribution >= 0.6 is 9.24 Å². The number of hydrogen-bond donors (Lipinski definition) is 0. The lowest BCUT2D eigenvalue weighted by atomic mass is 9.68. The molecule has 6 nitrogen and oxygen atoms in total. The average molecular weight is 242 g/mol. The third-order valence-corrected chi connectivity index (χ3v) is 3.13. The summed E-state index contributed by atoms with van der Waals surface area (Å²) in [5.41, 5.74) is -2.04. The van der Waals surface area contributed by atoms with Crippen molar-refractivity contribution in [1.82, 2.24) is 9.80 Å². The summed E-state index contributed by atoms with van der Waals surface area (Å²) in [5.74, 6) is -2.88. The van der Waals surface area contributed by atoms with Gasteiger partial charge in [-0.05, 0) is 13.8 Å². The first-order valence-electron chi connectivity index (χ1n) is 4.67. The number of amides is 4. The zero-order chi connectivity index (χ0) is 12.5. The molecule has 4 amide bonds. The van der Waals surface area contributed by atoms with Crippen LogP contribution < -0.4 is 0 Å². The first-order valence-corrected chi connectivity index (χ1v) is 5.25. The molecular formula is C9H11N2O4P. The van der Waals surface area contributed by atoms with Crippen molar-refractivity contribution in [2.24, 2.45) is 5.41 Å². The highest BCUT2D eigenvalue weighted by molar-refractivity contribution is 7.19. The van der Waals surface area contributed by atoms with Gasteiger partial charge in [-0.3, -0.25) is 29.0 Å². The Bertz CT molecular complexity index is 417. The largest absolute Gasteiger partial charge is 0.285 e. The van der Waals surface area contributed by atoms with Crippen molar-refractivity contribution < 1.29 is 19.2 Å². The summed E-state index contributed by atoms with van der Waals surface area (Å²) >= 11 is 0. The molecule has 0 aromatic carbocycles. The minimum Gasteiger partial charge on any atom is -0.282 e. The molecule has 2 rings (SSSR count). The highest BCUT2D eigenvalue weighted by atomic mass is 31.0. The zero-order valence-corrected chi connectivity index (χ0v) is 10.3. The van der Waals surface area contributed by atoms with Crippen molar-refractivity contribution in [3.05, 3.63) is 0 Å². The minimum atomic E-state index is -2.04. The van der Waals surface area contributed by atoms with Crippen molar-refractivity contribution >= 4 is 32.9 Å². The molecule has 1 unspecified atom stereocenters. The fourth-order valence-electron chi connectivity index (χ4n) is 1.99. The molecule has 2 saturated heterocycles. The first kappa shape index (κ1) is 11.2. The fourth-order valence-corrected chi connectivity index (χ4v) is 2.22. The van der Waals surface area contributed by atoms with Crippen LogP contribution in [0.15, 0.2) is 0 Å². The van der Waals surface area contributed by atoms with Crippen LogP contribution in [0.2, 0.25) is 0 Å². The van der Waals surface area contributed by atoms with Crippen molar-refractivity contribution in [3.63, 3.8) is 0 Å². The molecule has 2 heterocycles. The van der Waals surface area contributed by atoms with E-state index in [1.54, 1.807) is 13.8 Å². The normalized spacial score (nSPS) is 23.8. The van der Waals surface area contributed by atoms with Crippen LogP contribution in [-0.2, 0) is 19.2 Å². The van der Waals surface area contributed by atoms with E-state index in [-0.39, 0.29) is 0 Å². The van der Waals surface area contributed by atoms with E-state index >= 15 is 0 Å². The number of nitrogens with zero attached hydrogens (tertiary/aromatic N) is 2. The topological polar surface area (TPSA) is 74.8 Å². The summed E-state index contributed by atoms with van der Waals surface area (Å²) in [5, 5.41) is -0.784. The molecule has 0 aromatic heterocycles. The monoisotopic (exact) mass is 242 g/mol.